The lowest BCUT2D eigenvalue weighted by atomic mass is 9.91. The smallest absolute Gasteiger partial charge is 0.196 e. The average molecular weight is 414 g/mol. The Labute approximate surface area is 132 Å². The minimum atomic E-state index is -5.45. The Morgan fingerprint density at radius 3 is 1.80 bits per heavy atom. The second-order valence-corrected chi connectivity index (χ2v) is 6.81. The quantitative estimate of drug-likeness (QED) is 0.160. The second-order valence-electron chi connectivity index (χ2n) is 5.21. The molecule has 0 aromatic rings. The summed E-state index contributed by atoms with van der Waals surface area (Å²) in [6.07, 6.45) is 0.879. The first-order valence-electron chi connectivity index (χ1n) is 7.27. The summed E-state index contributed by atoms with van der Waals surface area (Å²) in [5, 5.41) is 0. The van der Waals surface area contributed by atoms with Crippen molar-refractivity contribution in [2.45, 2.75) is 81.2 Å². The molecule has 0 aliphatic carbocycles. The molecule has 0 amide bonds. The zero-order valence-corrected chi connectivity index (χ0v) is 14.2. The van der Waals surface area contributed by atoms with E-state index in [0.29, 0.717) is 6.42 Å². The van der Waals surface area contributed by atoms with E-state index in [-0.39, 0.29) is 6.42 Å². The maximum absolute atomic E-state index is 13.4. The molecule has 20 heavy (non-hydrogen) atoms. The van der Waals surface area contributed by atoms with Crippen LogP contribution in [-0.4, -0.2) is 16.0 Å². The van der Waals surface area contributed by atoms with Crippen molar-refractivity contribution in [3.05, 3.63) is 0 Å². The molecule has 0 spiro atoms. The number of halogens is 6. The van der Waals surface area contributed by atoms with Gasteiger partial charge in [-0.05, 0) is 12.8 Å². The van der Waals surface area contributed by atoms with Crippen LogP contribution in [0.15, 0.2) is 0 Å². The molecule has 2 unspecified atom stereocenters. The normalized spacial score (nSPS) is 16.2. The van der Waals surface area contributed by atoms with Crippen molar-refractivity contribution in [3.8, 4) is 0 Å². The van der Waals surface area contributed by atoms with Crippen LogP contribution in [0.5, 0.6) is 0 Å². The van der Waals surface area contributed by atoms with Gasteiger partial charge in [-0.2, -0.15) is 22.0 Å². The van der Waals surface area contributed by atoms with Gasteiger partial charge in [-0.15, -0.1) is 0 Å². The lowest BCUT2D eigenvalue weighted by Crippen LogP contribution is -2.46. The van der Waals surface area contributed by atoms with Crippen molar-refractivity contribution >= 4 is 22.6 Å². The van der Waals surface area contributed by atoms with Crippen molar-refractivity contribution in [1.29, 1.82) is 0 Å². The second kappa shape index (κ2) is 9.41. The molecule has 0 N–H and O–H groups in total. The van der Waals surface area contributed by atoms with Crippen LogP contribution in [0.3, 0.4) is 0 Å². The molecule has 0 radical (unpaired) electrons. The lowest BCUT2D eigenvalue weighted by Gasteiger charge is -2.31. The fourth-order valence-electron chi connectivity index (χ4n) is 2.27. The SMILES string of the molecule is CCCCCCCCC(I)C(CC)C(F)(F)C(F)(F)F. The van der Waals surface area contributed by atoms with Crippen molar-refractivity contribution < 1.29 is 22.0 Å². The van der Waals surface area contributed by atoms with Crippen LogP contribution in [-0.2, 0) is 0 Å². The maximum atomic E-state index is 13.4. The summed E-state index contributed by atoms with van der Waals surface area (Å²) in [7, 11) is 0. The van der Waals surface area contributed by atoms with Crippen LogP contribution in [0, 0.1) is 5.92 Å². The van der Waals surface area contributed by atoms with E-state index in [9.17, 15) is 22.0 Å². The Morgan fingerprint density at radius 2 is 1.35 bits per heavy atom. The minimum absolute atomic E-state index is 0.157. The first-order valence-corrected chi connectivity index (χ1v) is 8.51. The van der Waals surface area contributed by atoms with Gasteiger partial charge in [0, 0.05) is 9.84 Å². The molecule has 0 aliphatic heterocycles. The molecule has 0 aromatic carbocycles. The third kappa shape index (κ3) is 6.43. The van der Waals surface area contributed by atoms with Crippen LogP contribution in [0.2, 0.25) is 0 Å². The van der Waals surface area contributed by atoms with Gasteiger partial charge in [-0.25, -0.2) is 0 Å². The summed E-state index contributed by atoms with van der Waals surface area (Å²) in [5.41, 5.74) is 0. The van der Waals surface area contributed by atoms with Gasteiger partial charge in [0.05, 0.1) is 0 Å². The molecule has 0 saturated carbocycles. The summed E-state index contributed by atoms with van der Waals surface area (Å²) in [6, 6.07) is 0. The lowest BCUT2D eigenvalue weighted by molar-refractivity contribution is -0.302. The number of rotatable bonds is 10. The fourth-order valence-corrected chi connectivity index (χ4v) is 3.67. The van der Waals surface area contributed by atoms with E-state index in [1.807, 2.05) is 0 Å². The molecular formula is C14H24F5I. The third-order valence-corrected chi connectivity index (χ3v) is 5.04. The van der Waals surface area contributed by atoms with Crippen molar-refractivity contribution in [3.63, 3.8) is 0 Å². The first-order chi connectivity index (χ1) is 9.18. The maximum Gasteiger partial charge on any atom is 0.453 e. The van der Waals surface area contributed by atoms with E-state index in [0.717, 1.165) is 38.5 Å². The highest BCUT2D eigenvalue weighted by Gasteiger charge is 2.62. The molecule has 0 nitrogen and oxygen atoms in total. The molecule has 0 saturated heterocycles. The van der Waals surface area contributed by atoms with Crippen LogP contribution < -0.4 is 0 Å². The van der Waals surface area contributed by atoms with Gasteiger partial charge in [-0.1, -0.05) is 75.0 Å². The molecule has 0 bridgehead atoms. The van der Waals surface area contributed by atoms with E-state index in [2.05, 4.69) is 6.92 Å². The number of hydrogen-bond donors (Lipinski definition) is 0. The van der Waals surface area contributed by atoms with E-state index in [1.165, 1.54) is 6.92 Å². The Kier molecular flexibility index (Phi) is 9.59. The Balaban J connectivity index is 4.25. The highest BCUT2D eigenvalue weighted by molar-refractivity contribution is 14.1. The summed E-state index contributed by atoms with van der Waals surface area (Å²) < 4.78 is 63.4. The largest absolute Gasteiger partial charge is 0.453 e. The van der Waals surface area contributed by atoms with Gasteiger partial charge in [0.25, 0.3) is 0 Å². The van der Waals surface area contributed by atoms with Crippen molar-refractivity contribution in [2.24, 2.45) is 5.92 Å². The van der Waals surface area contributed by atoms with Gasteiger partial charge in [0.1, 0.15) is 0 Å². The van der Waals surface area contributed by atoms with E-state index < -0.39 is 21.9 Å². The molecule has 0 aliphatic rings. The van der Waals surface area contributed by atoms with Crippen LogP contribution >= 0.6 is 22.6 Å². The summed E-state index contributed by atoms with van der Waals surface area (Å²) >= 11 is 1.76. The Hall–Kier alpha value is 0.380. The zero-order chi connectivity index (χ0) is 15.8. The zero-order valence-electron chi connectivity index (χ0n) is 12.1. The summed E-state index contributed by atoms with van der Waals surface area (Å²) in [4.78, 5) is 0. The predicted octanol–water partition coefficient (Wildman–Crippen LogP) is 6.76. The molecule has 2 atom stereocenters. The van der Waals surface area contributed by atoms with Gasteiger partial charge < -0.3 is 0 Å². The molecule has 0 aromatic heterocycles. The monoisotopic (exact) mass is 414 g/mol. The van der Waals surface area contributed by atoms with Gasteiger partial charge in [0.2, 0.25) is 0 Å². The minimum Gasteiger partial charge on any atom is -0.196 e. The van der Waals surface area contributed by atoms with Gasteiger partial charge in [0.15, 0.2) is 0 Å². The number of unbranched alkanes of at least 4 members (excludes halogenated alkanes) is 5. The average Bonchev–Trinajstić information content (AvgIpc) is 2.32. The molecule has 0 fully saturated rings. The molecule has 122 valence electrons. The highest BCUT2D eigenvalue weighted by atomic mass is 127. The van der Waals surface area contributed by atoms with Gasteiger partial charge >= 0.3 is 12.1 Å². The van der Waals surface area contributed by atoms with Crippen molar-refractivity contribution in [1.82, 2.24) is 0 Å². The summed E-state index contributed by atoms with van der Waals surface area (Å²) in [6.45, 7) is 3.50. The Morgan fingerprint density at radius 1 is 0.850 bits per heavy atom. The Bertz CT molecular complexity index is 252. The van der Waals surface area contributed by atoms with Crippen LogP contribution in [0.25, 0.3) is 0 Å². The van der Waals surface area contributed by atoms with Crippen molar-refractivity contribution in [2.75, 3.05) is 0 Å². The predicted molar refractivity (Wildman–Crippen MR) is 80.6 cm³/mol. The van der Waals surface area contributed by atoms with Crippen LogP contribution in [0.1, 0.15) is 65.2 Å². The fraction of sp³-hybridized carbons (Fsp3) is 1.00. The highest BCUT2D eigenvalue weighted by Crippen LogP contribution is 2.46. The number of hydrogen-bond acceptors (Lipinski definition) is 0. The molecule has 0 heterocycles. The van der Waals surface area contributed by atoms with E-state index in [4.69, 9.17) is 0 Å². The van der Waals surface area contributed by atoms with E-state index >= 15 is 0 Å². The third-order valence-electron chi connectivity index (χ3n) is 3.55. The van der Waals surface area contributed by atoms with Crippen LogP contribution in [0.4, 0.5) is 22.0 Å². The summed E-state index contributed by atoms with van der Waals surface area (Å²) in [5.74, 6) is -6.21. The van der Waals surface area contributed by atoms with Gasteiger partial charge in [-0.3, -0.25) is 0 Å². The molecule has 6 heteroatoms. The van der Waals surface area contributed by atoms with E-state index in [1.54, 1.807) is 22.6 Å². The topological polar surface area (TPSA) is 0 Å². The molecule has 0 rings (SSSR count). The molecular weight excluding hydrogens is 390 g/mol. The first kappa shape index (κ1) is 20.4. The number of alkyl halides is 6. The standard InChI is InChI=1S/C14H24F5I/c1-3-5-6-7-8-9-10-12(20)11(4-2)13(15,16)14(17,18)19/h11-12H,3-10H2,1-2H3.